The van der Waals surface area contributed by atoms with Crippen LogP contribution < -0.4 is 5.73 Å². The van der Waals surface area contributed by atoms with Crippen LogP contribution in [0.4, 0.5) is 5.82 Å². The highest BCUT2D eigenvalue weighted by Gasteiger charge is 2.15. The second-order valence-electron chi connectivity index (χ2n) is 4.96. The second-order valence-corrected chi connectivity index (χ2v) is 5.48. The van der Waals surface area contributed by atoms with E-state index in [4.69, 9.17) is 5.73 Å². The Hall–Kier alpha value is -1.42. The van der Waals surface area contributed by atoms with Gasteiger partial charge in [-0.05, 0) is 24.3 Å². The molecule has 0 unspecified atom stereocenters. The van der Waals surface area contributed by atoms with Gasteiger partial charge in [0.15, 0.2) is 5.82 Å². The van der Waals surface area contributed by atoms with E-state index in [0.717, 1.165) is 17.2 Å². The third-order valence-corrected chi connectivity index (χ3v) is 4.32. The summed E-state index contributed by atoms with van der Waals surface area (Å²) in [5.74, 6) is 1.28. The molecule has 94 valence electrons. The van der Waals surface area contributed by atoms with Crippen LogP contribution >= 0.6 is 11.7 Å². The van der Waals surface area contributed by atoms with Crippen LogP contribution in [0.2, 0.25) is 0 Å². The van der Waals surface area contributed by atoms with Crippen molar-refractivity contribution in [3.05, 3.63) is 29.8 Å². The highest BCUT2D eigenvalue weighted by molar-refractivity contribution is 6.99. The Labute approximate surface area is 111 Å². The summed E-state index contributed by atoms with van der Waals surface area (Å²) in [6.45, 7) is 0. The number of hydrogen-bond acceptors (Lipinski definition) is 4. The largest absolute Gasteiger partial charge is 0.381 e. The maximum atomic E-state index is 5.79. The number of nitrogens with zero attached hydrogens (tertiary/aromatic N) is 2. The first kappa shape index (κ1) is 11.7. The maximum Gasteiger partial charge on any atom is 0.165 e. The third kappa shape index (κ3) is 2.25. The molecule has 1 fully saturated rings. The molecule has 2 aromatic rings. The number of nitrogen functional groups attached to an aromatic ring is 1. The van der Waals surface area contributed by atoms with Crippen molar-refractivity contribution in [2.24, 2.45) is 0 Å². The molecule has 0 radical (unpaired) electrons. The molecule has 18 heavy (non-hydrogen) atoms. The predicted molar refractivity (Wildman–Crippen MR) is 75.6 cm³/mol. The quantitative estimate of drug-likeness (QED) is 0.891. The summed E-state index contributed by atoms with van der Waals surface area (Å²) in [6, 6.07) is 8.70. The van der Waals surface area contributed by atoms with Gasteiger partial charge in [0.1, 0.15) is 5.69 Å². The Morgan fingerprint density at radius 1 is 1.00 bits per heavy atom. The Balaban J connectivity index is 1.82. The molecule has 0 atom stereocenters. The van der Waals surface area contributed by atoms with Crippen LogP contribution in [-0.2, 0) is 0 Å². The molecule has 1 aliphatic rings. The smallest absolute Gasteiger partial charge is 0.165 e. The van der Waals surface area contributed by atoms with Gasteiger partial charge in [0.2, 0.25) is 0 Å². The van der Waals surface area contributed by atoms with Crippen molar-refractivity contribution in [3.8, 4) is 11.3 Å². The standard InChI is InChI=1S/C14H17N3S/c15-14-13(16-18-17-14)12-8-6-11(7-9-12)10-4-2-1-3-5-10/h6-10H,1-5H2,(H2,15,17). The molecule has 0 aliphatic heterocycles. The lowest BCUT2D eigenvalue weighted by molar-refractivity contribution is 0.443. The number of rotatable bonds is 2. The normalized spacial score (nSPS) is 16.9. The van der Waals surface area contributed by atoms with Gasteiger partial charge in [-0.2, -0.15) is 8.75 Å². The van der Waals surface area contributed by atoms with E-state index in [-0.39, 0.29) is 0 Å². The lowest BCUT2D eigenvalue weighted by Gasteiger charge is -2.22. The van der Waals surface area contributed by atoms with Gasteiger partial charge in [0.25, 0.3) is 0 Å². The first-order valence-electron chi connectivity index (χ1n) is 6.53. The van der Waals surface area contributed by atoms with Crippen molar-refractivity contribution in [1.29, 1.82) is 0 Å². The molecule has 1 heterocycles. The van der Waals surface area contributed by atoms with E-state index in [1.54, 1.807) is 0 Å². The minimum atomic E-state index is 0.533. The Kier molecular flexibility index (Phi) is 3.28. The minimum absolute atomic E-state index is 0.533. The monoisotopic (exact) mass is 259 g/mol. The number of benzene rings is 1. The molecular weight excluding hydrogens is 242 g/mol. The van der Waals surface area contributed by atoms with Crippen LogP contribution in [0.1, 0.15) is 43.6 Å². The van der Waals surface area contributed by atoms with E-state index in [1.807, 2.05) is 0 Å². The Bertz CT molecular complexity index is 512. The molecular formula is C14H17N3S. The van der Waals surface area contributed by atoms with E-state index >= 15 is 0 Å². The molecule has 0 saturated heterocycles. The first-order chi connectivity index (χ1) is 8.84. The SMILES string of the molecule is Nc1nsnc1-c1ccc(C2CCCCC2)cc1. The Morgan fingerprint density at radius 2 is 1.72 bits per heavy atom. The average molecular weight is 259 g/mol. The molecule has 3 nitrogen and oxygen atoms in total. The average Bonchev–Trinajstić information content (AvgIpc) is 2.86. The van der Waals surface area contributed by atoms with Crippen molar-refractivity contribution >= 4 is 17.5 Å². The molecule has 4 heteroatoms. The van der Waals surface area contributed by atoms with Crippen LogP contribution in [0.3, 0.4) is 0 Å². The van der Waals surface area contributed by atoms with Gasteiger partial charge in [-0.1, -0.05) is 43.5 Å². The van der Waals surface area contributed by atoms with Crippen molar-refractivity contribution < 1.29 is 0 Å². The highest BCUT2D eigenvalue weighted by atomic mass is 32.1. The van der Waals surface area contributed by atoms with Gasteiger partial charge in [0, 0.05) is 5.56 Å². The van der Waals surface area contributed by atoms with E-state index in [9.17, 15) is 0 Å². The van der Waals surface area contributed by atoms with Crippen LogP contribution in [-0.4, -0.2) is 8.75 Å². The van der Waals surface area contributed by atoms with Crippen molar-refractivity contribution in [2.45, 2.75) is 38.0 Å². The highest BCUT2D eigenvalue weighted by Crippen LogP contribution is 2.33. The topological polar surface area (TPSA) is 51.8 Å². The number of nitrogens with two attached hydrogens (primary N) is 1. The van der Waals surface area contributed by atoms with E-state index in [2.05, 4.69) is 33.0 Å². The fourth-order valence-electron chi connectivity index (χ4n) is 2.74. The fraction of sp³-hybridized carbons (Fsp3) is 0.429. The van der Waals surface area contributed by atoms with Gasteiger partial charge in [-0.3, -0.25) is 0 Å². The number of hydrogen-bond donors (Lipinski definition) is 1. The maximum absolute atomic E-state index is 5.79. The van der Waals surface area contributed by atoms with E-state index in [1.165, 1.54) is 49.4 Å². The summed E-state index contributed by atoms with van der Waals surface area (Å²) >= 11 is 1.17. The summed E-state index contributed by atoms with van der Waals surface area (Å²) in [4.78, 5) is 0. The lowest BCUT2D eigenvalue weighted by atomic mass is 9.84. The predicted octanol–water partition coefficient (Wildman–Crippen LogP) is 3.84. The summed E-state index contributed by atoms with van der Waals surface area (Å²) in [5.41, 5.74) is 9.13. The molecule has 0 amide bonds. The van der Waals surface area contributed by atoms with E-state index < -0.39 is 0 Å². The molecule has 0 spiro atoms. The molecule has 0 bridgehead atoms. The summed E-state index contributed by atoms with van der Waals surface area (Å²) < 4.78 is 8.25. The number of anilines is 1. The molecule has 1 saturated carbocycles. The minimum Gasteiger partial charge on any atom is -0.381 e. The Morgan fingerprint density at radius 3 is 2.33 bits per heavy atom. The zero-order chi connectivity index (χ0) is 12.4. The fourth-order valence-corrected chi connectivity index (χ4v) is 3.24. The van der Waals surface area contributed by atoms with Gasteiger partial charge in [0.05, 0.1) is 11.7 Å². The molecule has 3 rings (SSSR count). The molecule has 1 aliphatic carbocycles. The summed E-state index contributed by atoms with van der Waals surface area (Å²) in [5, 5.41) is 0. The van der Waals surface area contributed by atoms with Gasteiger partial charge < -0.3 is 5.73 Å². The second kappa shape index (κ2) is 5.06. The molecule has 1 aromatic carbocycles. The zero-order valence-corrected chi connectivity index (χ0v) is 11.1. The molecule has 1 aromatic heterocycles. The summed E-state index contributed by atoms with van der Waals surface area (Å²) in [6.07, 6.45) is 6.81. The van der Waals surface area contributed by atoms with Crippen LogP contribution in [0.5, 0.6) is 0 Å². The van der Waals surface area contributed by atoms with Crippen LogP contribution in [0, 0.1) is 0 Å². The zero-order valence-electron chi connectivity index (χ0n) is 10.3. The van der Waals surface area contributed by atoms with Crippen LogP contribution in [0.25, 0.3) is 11.3 Å². The van der Waals surface area contributed by atoms with Crippen molar-refractivity contribution in [2.75, 3.05) is 5.73 Å². The lowest BCUT2D eigenvalue weighted by Crippen LogP contribution is -2.04. The van der Waals surface area contributed by atoms with Crippen molar-refractivity contribution in [1.82, 2.24) is 8.75 Å². The van der Waals surface area contributed by atoms with Crippen LogP contribution in [0.15, 0.2) is 24.3 Å². The van der Waals surface area contributed by atoms with Gasteiger partial charge in [-0.25, -0.2) is 0 Å². The van der Waals surface area contributed by atoms with Crippen molar-refractivity contribution in [3.63, 3.8) is 0 Å². The number of aromatic nitrogens is 2. The van der Waals surface area contributed by atoms with E-state index in [0.29, 0.717) is 5.82 Å². The van der Waals surface area contributed by atoms with Gasteiger partial charge >= 0.3 is 0 Å². The summed E-state index contributed by atoms with van der Waals surface area (Å²) in [7, 11) is 0. The first-order valence-corrected chi connectivity index (χ1v) is 7.26. The van der Waals surface area contributed by atoms with Gasteiger partial charge in [-0.15, -0.1) is 0 Å². The molecule has 2 N–H and O–H groups in total. The third-order valence-electron chi connectivity index (χ3n) is 3.77.